The lowest BCUT2D eigenvalue weighted by Crippen LogP contribution is -2.34. The van der Waals surface area contributed by atoms with Gasteiger partial charge in [-0.15, -0.1) is 0 Å². The maximum absolute atomic E-state index is 12.6. The molecule has 134 valence electrons. The molecule has 0 fully saturated rings. The van der Waals surface area contributed by atoms with E-state index in [-0.39, 0.29) is 18.6 Å². The number of nitrogens with two attached hydrogens (primary N) is 1. The number of aromatic nitrogens is 2. The number of benzene rings is 1. The number of carbonyl (C=O) groups excluding carboxylic acids is 2. The quantitative estimate of drug-likeness (QED) is 0.362. The van der Waals surface area contributed by atoms with Gasteiger partial charge in [0.15, 0.2) is 5.16 Å². The zero-order valence-electron chi connectivity index (χ0n) is 13.6. The van der Waals surface area contributed by atoms with Crippen LogP contribution in [-0.4, -0.2) is 39.0 Å². The second-order valence-electron chi connectivity index (χ2n) is 5.31. The maximum Gasteiger partial charge on any atom is 0.318 e. The van der Waals surface area contributed by atoms with Gasteiger partial charge in [-0.2, -0.15) is 0 Å². The highest BCUT2D eigenvalue weighted by molar-refractivity contribution is 7.99. The second-order valence-corrected chi connectivity index (χ2v) is 6.37. The molecule has 9 heteroatoms. The number of aliphatic hydroxyl groups excluding tert-OH is 1. The molecule has 0 aliphatic carbocycles. The number of para-hydroxylation sites is 1. The Hall–Kier alpha value is -2.39. The molecule has 2 aromatic rings. The number of aliphatic hydroxyl groups is 1. The SMILES string of the molecule is NC(=O)NC(=O)CCCSc1nc2ccccc2c(=O)n1CCCO. The summed E-state index contributed by atoms with van der Waals surface area (Å²) in [7, 11) is 0. The average Bonchev–Trinajstić information content (AvgIpc) is 2.57. The first-order valence-electron chi connectivity index (χ1n) is 7.85. The van der Waals surface area contributed by atoms with E-state index in [1.165, 1.54) is 11.8 Å². The largest absolute Gasteiger partial charge is 0.396 e. The van der Waals surface area contributed by atoms with Gasteiger partial charge in [-0.1, -0.05) is 23.9 Å². The van der Waals surface area contributed by atoms with Crippen LogP contribution in [0.2, 0.25) is 0 Å². The van der Waals surface area contributed by atoms with Gasteiger partial charge in [0.25, 0.3) is 5.56 Å². The summed E-state index contributed by atoms with van der Waals surface area (Å²) in [6.45, 7) is 0.355. The Morgan fingerprint density at radius 2 is 2.04 bits per heavy atom. The van der Waals surface area contributed by atoms with Crippen molar-refractivity contribution in [1.29, 1.82) is 0 Å². The normalized spacial score (nSPS) is 10.8. The smallest absolute Gasteiger partial charge is 0.318 e. The first kappa shape index (κ1) is 18.9. The summed E-state index contributed by atoms with van der Waals surface area (Å²) < 4.78 is 1.55. The van der Waals surface area contributed by atoms with Crippen molar-refractivity contribution in [3.63, 3.8) is 0 Å². The third kappa shape index (κ3) is 5.30. The second kappa shape index (κ2) is 9.19. The van der Waals surface area contributed by atoms with Crippen molar-refractivity contribution in [3.8, 4) is 0 Å². The average molecular weight is 364 g/mol. The molecule has 1 heterocycles. The summed E-state index contributed by atoms with van der Waals surface area (Å²) in [4.78, 5) is 39.1. The fourth-order valence-electron chi connectivity index (χ4n) is 2.28. The van der Waals surface area contributed by atoms with Crippen molar-refractivity contribution in [3.05, 3.63) is 34.6 Å². The number of nitrogens with one attached hydrogen (secondary N) is 1. The molecule has 0 aliphatic rings. The number of urea groups is 1. The zero-order chi connectivity index (χ0) is 18.2. The topological polar surface area (TPSA) is 127 Å². The fourth-order valence-corrected chi connectivity index (χ4v) is 3.24. The van der Waals surface area contributed by atoms with E-state index >= 15 is 0 Å². The zero-order valence-corrected chi connectivity index (χ0v) is 14.4. The Kier molecular flexibility index (Phi) is 6.96. The standard InChI is InChI=1S/C16H20N4O4S/c17-15(24)19-13(22)7-3-10-25-16-18-12-6-2-1-5-11(12)14(23)20(16)8-4-9-21/h1-2,5-6,21H,3-4,7-10H2,(H3,17,19,22,24). The molecular weight excluding hydrogens is 344 g/mol. The first-order valence-corrected chi connectivity index (χ1v) is 8.84. The van der Waals surface area contributed by atoms with Crippen molar-refractivity contribution in [2.24, 2.45) is 5.73 Å². The highest BCUT2D eigenvalue weighted by Crippen LogP contribution is 2.19. The highest BCUT2D eigenvalue weighted by atomic mass is 32.2. The van der Waals surface area contributed by atoms with Gasteiger partial charge < -0.3 is 10.8 Å². The molecule has 0 aliphatic heterocycles. The molecule has 1 aromatic heterocycles. The van der Waals surface area contributed by atoms with Crippen LogP contribution >= 0.6 is 11.8 Å². The lowest BCUT2D eigenvalue weighted by molar-refractivity contribution is -0.119. The number of rotatable bonds is 8. The van der Waals surface area contributed by atoms with Gasteiger partial charge in [0, 0.05) is 25.3 Å². The van der Waals surface area contributed by atoms with Crippen LogP contribution in [0.25, 0.3) is 10.9 Å². The minimum absolute atomic E-state index is 0.0172. The monoisotopic (exact) mass is 364 g/mol. The number of carbonyl (C=O) groups is 2. The van der Waals surface area contributed by atoms with Crippen LogP contribution < -0.4 is 16.6 Å². The predicted molar refractivity (Wildman–Crippen MR) is 95.4 cm³/mol. The molecule has 0 bridgehead atoms. The van der Waals surface area contributed by atoms with Crippen molar-refractivity contribution in [1.82, 2.24) is 14.9 Å². The lowest BCUT2D eigenvalue weighted by Gasteiger charge is -2.12. The van der Waals surface area contributed by atoms with Gasteiger partial charge in [0.2, 0.25) is 5.91 Å². The molecule has 4 N–H and O–H groups in total. The number of primary amides is 1. The third-order valence-corrected chi connectivity index (χ3v) is 4.47. The number of imide groups is 1. The molecule has 0 atom stereocenters. The van der Waals surface area contributed by atoms with Crippen LogP contribution in [0, 0.1) is 0 Å². The van der Waals surface area contributed by atoms with E-state index in [0.717, 1.165) is 0 Å². The Bertz CT molecular complexity index is 821. The minimum Gasteiger partial charge on any atom is -0.396 e. The molecule has 0 saturated heterocycles. The highest BCUT2D eigenvalue weighted by Gasteiger charge is 2.11. The molecule has 0 saturated carbocycles. The van der Waals surface area contributed by atoms with Crippen LogP contribution in [-0.2, 0) is 11.3 Å². The summed E-state index contributed by atoms with van der Waals surface area (Å²) in [5.74, 6) is 0.119. The molecule has 1 aromatic carbocycles. The van der Waals surface area contributed by atoms with Crippen molar-refractivity contribution in [2.45, 2.75) is 31.0 Å². The van der Waals surface area contributed by atoms with Crippen molar-refractivity contribution >= 4 is 34.6 Å². The van der Waals surface area contributed by atoms with E-state index in [2.05, 4.69) is 4.98 Å². The molecule has 0 unspecified atom stereocenters. The van der Waals surface area contributed by atoms with Crippen LogP contribution in [0.15, 0.2) is 34.2 Å². The molecule has 0 spiro atoms. The van der Waals surface area contributed by atoms with Crippen LogP contribution in [0.3, 0.4) is 0 Å². The molecular formula is C16H20N4O4S. The van der Waals surface area contributed by atoms with E-state index < -0.39 is 11.9 Å². The lowest BCUT2D eigenvalue weighted by atomic mass is 10.2. The van der Waals surface area contributed by atoms with Crippen LogP contribution in [0.5, 0.6) is 0 Å². The summed E-state index contributed by atoms with van der Waals surface area (Å²) >= 11 is 1.36. The summed E-state index contributed by atoms with van der Waals surface area (Å²) in [6, 6.07) is 6.23. The Morgan fingerprint density at radius 1 is 1.28 bits per heavy atom. The van der Waals surface area contributed by atoms with Gasteiger partial charge in [0.1, 0.15) is 0 Å². The van der Waals surface area contributed by atoms with E-state index in [9.17, 15) is 14.4 Å². The van der Waals surface area contributed by atoms with Crippen LogP contribution in [0.1, 0.15) is 19.3 Å². The Balaban J connectivity index is 2.11. The number of hydrogen-bond donors (Lipinski definition) is 3. The Morgan fingerprint density at radius 3 is 2.76 bits per heavy atom. The minimum atomic E-state index is -0.869. The van der Waals surface area contributed by atoms with E-state index in [1.54, 1.807) is 22.8 Å². The summed E-state index contributed by atoms with van der Waals surface area (Å²) in [6.07, 6.45) is 1.12. The number of fused-ring (bicyclic) bond motifs is 1. The molecule has 3 amide bonds. The van der Waals surface area contributed by atoms with Crippen LogP contribution in [0.4, 0.5) is 4.79 Å². The van der Waals surface area contributed by atoms with Gasteiger partial charge in [-0.05, 0) is 25.0 Å². The van der Waals surface area contributed by atoms with Crippen molar-refractivity contribution in [2.75, 3.05) is 12.4 Å². The molecule has 0 radical (unpaired) electrons. The van der Waals surface area contributed by atoms with E-state index in [4.69, 9.17) is 10.8 Å². The van der Waals surface area contributed by atoms with Gasteiger partial charge in [-0.3, -0.25) is 19.5 Å². The molecule has 2 rings (SSSR count). The number of hydrogen-bond acceptors (Lipinski definition) is 6. The summed E-state index contributed by atoms with van der Waals surface area (Å²) in [5, 5.41) is 12.1. The first-order chi connectivity index (χ1) is 12.0. The van der Waals surface area contributed by atoms with E-state index in [1.807, 2.05) is 11.4 Å². The summed E-state index contributed by atoms with van der Waals surface area (Å²) in [5.41, 5.74) is 5.35. The van der Waals surface area contributed by atoms with Crippen molar-refractivity contribution < 1.29 is 14.7 Å². The van der Waals surface area contributed by atoms with Gasteiger partial charge in [-0.25, -0.2) is 9.78 Å². The third-order valence-electron chi connectivity index (χ3n) is 3.41. The maximum atomic E-state index is 12.6. The van der Waals surface area contributed by atoms with Gasteiger partial charge >= 0.3 is 6.03 Å². The number of nitrogens with zero attached hydrogens (tertiary/aromatic N) is 2. The fraction of sp³-hybridized carbons (Fsp3) is 0.375. The number of thioether (sulfide) groups is 1. The Labute approximate surface area is 148 Å². The van der Waals surface area contributed by atoms with Gasteiger partial charge in [0.05, 0.1) is 10.9 Å². The molecule has 25 heavy (non-hydrogen) atoms. The predicted octanol–water partition coefficient (Wildman–Crippen LogP) is 0.846. The van der Waals surface area contributed by atoms with E-state index in [0.29, 0.717) is 41.2 Å². The number of amides is 3. The molecule has 8 nitrogen and oxygen atoms in total.